The zero-order valence-electron chi connectivity index (χ0n) is 11.2. The molecule has 1 aromatic heterocycles. The van der Waals surface area contributed by atoms with Crippen molar-refractivity contribution in [3.63, 3.8) is 0 Å². The molecular weight excluding hydrogens is 226 g/mol. The van der Waals surface area contributed by atoms with Gasteiger partial charge in [0, 0.05) is 11.6 Å². The van der Waals surface area contributed by atoms with E-state index in [9.17, 15) is 0 Å². The van der Waals surface area contributed by atoms with Gasteiger partial charge in [0.2, 0.25) is 0 Å². The van der Waals surface area contributed by atoms with Crippen molar-refractivity contribution in [2.75, 3.05) is 0 Å². The van der Waals surface area contributed by atoms with Crippen LogP contribution in [0.5, 0.6) is 0 Å². The summed E-state index contributed by atoms with van der Waals surface area (Å²) < 4.78 is 0. The van der Waals surface area contributed by atoms with Crippen molar-refractivity contribution in [3.8, 4) is 0 Å². The quantitative estimate of drug-likeness (QED) is 0.512. The lowest BCUT2D eigenvalue weighted by Crippen LogP contribution is -1.78. The number of aromatic nitrogens is 1. The van der Waals surface area contributed by atoms with Crippen LogP contribution in [-0.2, 0) is 0 Å². The van der Waals surface area contributed by atoms with Crippen LogP contribution < -0.4 is 0 Å². The van der Waals surface area contributed by atoms with Gasteiger partial charge in [-0.1, -0.05) is 29.4 Å². The highest BCUT2D eigenvalue weighted by atomic mass is 32.1. The third kappa shape index (κ3) is 5.64. The normalized spacial score (nSPS) is 12.7. The van der Waals surface area contributed by atoms with E-state index in [2.05, 4.69) is 50.9 Å². The second-order valence-electron chi connectivity index (χ2n) is 4.52. The lowest BCUT2D eigenvalue weighted by molar-refractivity contribution is 0.967. The van der Waals surface area contributed by atoms with Crippen molar-refractivity contribution >= 4 is 16.9 Å². The molecule has 1 aromatic rings. The molecule has 0 radical (unpaired) electrons. The Kier molecular flexibility index (Phi) is 5.92. The molecule has 0 spiro atoms. The Morgan fingerprint density at radius 1 is 1.24 bits per heavy atom. The molecule has 0 saturated carbocycles. The van der Waals surface area contributed by atoms with Crippen molar-refractivity contribution in [2.45, 2.75) is 40.5 Å². The molecule has 92 valence electrons. The average Bonchev–Trinajstić information content (AvgIpc) is 2.78. The van der Waals surface area contributed by atoms with Gasteiger partial charge < -0.3 is 0 Å². The lowest BCUT2D eigenvalue weighted by Gasteiger charge is -1.98. The van der Waals surface area contributed by atoms with Crippen LogP contribution in [0.3, 0.4) is 0 Å². The summed E-state index contributed by atoms with van der Waals surface area (Å²) >= 11 is 1.69. The second kappa shape index (κ2) is 7.23. The summed E-state index contributed by atoms with van der Waals surface area (Å²) in [7, 11) is 0. The zero-order valence-corrected chi connectivity index (χ0v) is 12.0. The third-order valence-electron chi connectivity index (χ3n) is 2.48. The average molecular weight is 247 g/mol. The van der Waals surface area contributed by atoms with Gasteiger partial charge in [0.25, 0.3) is 0 Å². The van der Waals surface area contributed by atoms with Gasteiger partial charge in [-0.05, 0) is 46.1 Å². The first-order valence-electron chi connectivity index (χ1n) is 5.97. The SMILES string of the molecule is CC(C)=CCC/C(C)=C/C=C(\C)c1nccs1. The molecule has 0 amide bonds. The maximum atomic E-state index is 4.29. The summed E-state index contributed by atoms with van der Waals surface area (Å²) in [6, 6.07) is 0. The standard InChI is InChI=1S/C15H21NS/c1-12(2)6-5-7-13(3)8-9-14(4)15-16-10-11-17-15/h6,8-11H,5,7H2,1-4H3/b13-8+,14-9+. The van der Waals surface area contributed by atoms with Crippen molar-refractivity contribution < 1.29 is 0 Å². The molecule has 0 aliphatic rings. The molecule has 17 heavy (non-hydrogen) atoms. The number of hydrogen-bond donors (Lipinski definition) is 0. The zero-order chi connectivity index (χ0) is 12.7. The summed E-state index contributed by atoms with van der Waals surface area (Å²) in [6.45, 7) is 8.58. The summed E-state index contributed by atoms with van der Waals surface area (Å²) in [4.78, 5) is 4.29. The molecule has 0 unspecified atom stereocenters. The number of rotatable bonds is 5. The van der Waals surface area contributed by atoms with Crippen molar-refractivity contribution in [2.24, 2.45) is 0 Å². The monoisotopic (exact) mass is 247 g/mol. The minimum absolute atomic E-state index is 1.11. The minimum atomic E-state index is 1.11. The van der Waals surface area contributed by atoms with E-state index >= 15 is 0 Å². The predicted molar refractivity (Wildman–Crippen MR) is 78.2 cm³/mol. The number of thiazole rings is 1. The van der Waals surface area contributed by atoms with Crippen LogP contribution in [0.1, 0.15) is 45.5 Å². The van der Waals surface area contributed by atoms with Gasteiger partial charge in [-0.15, -0.1) is 11.3 Å². The minimum Gasteiger partial charge on any atom is -0.245 e. The fraction of sp³-hybridized carbons (Fsp3) is 0.400. The molecule has 0 fully saturated rings. The van der Waals surface area contributed by atoms with E-state index in [0.717, 1.165) is 17.8 Å². The second-order valence-corrected chi connectivity index (χ2v) is 5.41. The van der Waals surface area contributed by atoms with Crippen LogP contribution in [0.25, 0.3) is 5.57 Å². The van der Waals surface area contributed by atoms with Gasteiger partial charge in [-0.25, -0.2) is 4.98 Å². The van der Waals surface area contributed by atoms with E-state index < -0.39 is 0 Å². The van der Waals surface area contributed by atoms with E-state index in [-0.39, 0.29) is 0 Å². The molecular formula is C15H21NS. The van der Waals surface area contributed by atoms with Crippen LogP contribution in [0.4, 0.5) is 0 Å². The predicted octanol–water partition coefficient (Wildman–Crippen LogP) is 5.24. The maximum absolute atomic E-state index is 4.29. The molecule has 0 aliphatic carbocycles. The van der Waals surface area contributed by atoms with Crippen LogP contribution in [-0.4, -0.2) is 4.98 Å². The van der Waals surface area contributed by atoms with E-state index in [0.29, 0.717) is 0 Å². The summed E-state index contributed by atoms with van der Waals surface area (Å²) in [5, 5.41) is 3.12. The molecule has 1 rings (SSSR count). The Bertz CT molecular complexity index is 418. The van der Waals surface area contributed by atoms with Gasteiger partial charge in [0.15, 0.2) is 0 Å². The first kappa shape index (κ1) is 13.9. The van der Waals surface area contributed by atoms with Gasteiger partial charge in [0.05, 0.1) is 0 Å². The third-order valence-corrected chi connectivity index (χ3v) is 3.39. The molecule has 0 aromatic carbocycles. The first-order valence-corrected chi connectivity index (χ1v) is 6.85. The summed E-state index contributed by atoms with van der Waals surface area (Å²) in [5.41, 5.74) is 4.05. The fourth-order valence-electron chi connectivity index (χ4n) is 1.43. The molecule has 0 aliphatic heterocycles. The maximum Gasteiger partial charge on any atom is 0.118 e. The smallest absolute Gasteiger partial charge is 0.118 e. The lowest BCUT2D eigenvalue weighted by atomic mass is 10.1. The number of allylic oxidation sites excluding steroid dienone is 6. The van der Waals surface area contributed by atoms with Crippen LogP contribution in [0.15, 0.2) is 41.0 Å². The topological polar surface area (TPSA) is 12.9 Å². The van der Waals surface area contributed by atoms with Gasteiger partial charge in [-0.2, -0.15) is 0 Å². The Balaban J connectivity index is 2.52. The van der Waals surface area contributed by atoms with Crippen LogP contribution in [0, 0.1) is 0 Å². The fourth-order valence-corrected chi connectivity index (χ4v) is 2.05. The van der Waals surface area contributed by atoms with Gasteiger partial charge in [0.1, 0.15) is 5.01 Å². The highest BCUT2D eigenvalue weighted by Crippen LogP contribution is 2.17. The van der Waals surface area contributed by atoms with E-state index in [4.69, 9.17) is 0 Å². The highest BCUT2D eigenvalue weighted by molar-refractivity contribution is 7.10. The largest absolute Gasteiger partial charge is 0.245 e. The number of hydrogen-bond acceptors (Lipinski definition) is 2. The van der Waals surface area contributed by atoms with Crippen molar-refractivity contribution in [1.82, 2.24) is 4.98 Å². The summed E-state index contributed by atoms with van der Waals surface area (Å²) in [5.74, 6) is 0. The molecule has 2 heteroatoms. The van der Waals surface area contributed by atoms with Crippen molar-refractivity contribution in [1.29, 1.82) is 0 Å². The Morgan fingerprint density at radius 2 is 2.00 bits per heavy atom. The van der Waals surface area contributed by atoms with E-state index in [1.54, 1.807) is 11.3 Å². The summed E-state index contributed by atoms with van der Waals surface area (Å²) in [6.07, 6.45) is 10.8. The number of nitrogens with zero attached hydrogens (tertiary/aromatic N) is 1. The van der Waals surface area contributed by atoms with Crippen molar-refractivity contribution in [3.05, 3.63) is 46.0 Å². The Hall–Kier alpha value is -1.15. The van der Waals surface area contributed by atoms with Crippen LogP contribution >= 0.6 is 11.3 Å². The molecule has 0 saturated heterocycles. The molecule has 0 atom stereocenters. The molecule has 0 N–H and O–H groups in total. The van der Waals surface area contributed by atoms with Gasteiger partial charge in [-0.3, -0.25) is 0 Å². The van der Waals surface area contributed by atoms with Gasteiger partial charge >= 0.3 is 0 Å². The molecule has 1 nitrogen and oxygen atoms in total. The van der Waals surface area contributed by atoms with Crippen LogP contribution in [0.2, 0.25) is 0 Å². The van der Waals surface area contributed by atoms with E-state index in [1.807, 2.05) is 11.6 Å². The molecule has 0 bridgehead atoms. The molecule has 1 heterocycles. The Labute approximate surface area is 109 Å². The Morgan fingerprint density at radius 3 is 2.59 bits per heavy atom. The van der Waals surface area contributed by atoms with E-state index in [1.165, 1.54) is 16.7 Å². The highest BCUT2D eigenvalue weighted by Gasteiger charge is 1.96. The first-order chi connectivity index (χ1) is 8.09.